The predicted molar refractivity (Wildman–Crippen MR) is 122 cm³/mol. The lowest BCUT2D eigenvalue weighted by Crippen LogP contribution is -2.32. The second kappa shape index (κ2) is 10.2. The van der Waals surface area contributed by atoms with Crippen LogP contribution in [0.25, 0.3) is 0 Å². The molecule has 0 radical (unpaired) electrons. The zero-order valence-electron chi connectivity index (χ0n) is 17.2. The van der Waals surface area contributed by atoms with E-state index in [2.05, 4.69) is 17.1 Å². The highest BCUT2D eigenvalue weighted by Crippen LogP contribution is 2.21. The average Bonchev–Trinajstić information content (AvgIpc) is 2.83. The normalized spacial score (nSPS) is 10.5. The van der Waals surface area contributed by atoms with Crippen LogP contribution in [-0.2, 0) is 13.0 Å². The van der Waals surface area contributed by atoms with Crippen LogP contribution < -0.4 is 4.74 Å². The number of benzene rings is 3. The zero-order chi connectivity index (χ0) is 21.3. The summed E-state index contributed by atoms with van der Waals surface area (Å²) < 4.78 is 5.81. The minimum Gasteiger partial charge on any atom is -0.439 e. The summed E-state index contributed by atoms with van der Waals surface area (Å²) in [7, 11) is 0. The van der Waals surface area contributed by atoms with Crippen molar-refractivity contribution in [1.82, 2.24) is 9.88 Å². The summed E-state index contributed by atoms with van der Waals surface area (Å²) in [5.74, 6) is 1.07. The molecule has 1 aromatic heterocycles. The lowest BCUT2D eigenvalue weighted by atomic mass is 10.1. The number of ether oxygens (including phenoxy) is 1. The SMILES string of the molecule is O=C(c1cccc(Oc2ccccn2)c1)N(CCc1ccccc1)Cc1ccccc1. The molecule has 0 atom stereocenters. The molecular weight excluding hydrogens is 384 g/mol. The fraction of sp³-hybridized carbons (Fsp3) is 0.111. The summed E-state index contributed by atoms with van der Waals surface area (Å²) in [6.07, 6.45) is 2.47. The first-order valence-electron chi connectivity index (χ1n) is 10.3. The van der Waals surface area contributed by atoms with Crippen molar-refractivity contribution in [2.24, 2.45) is 0 Å². The van der Waals surface area contributed by atoms with Crippen molar-refractivity contribution in [2.45, 2.75) is 13.0 Å². The molecule has 0 aliphatic rings. The molecule has 154 valence electrons. The van der Waals surface area contributed by atoms with Crippen LogP contribution in [0, 0.1) is 0 Å². The smallest absolute Gasteiger partial charge is 0.254 e. The molecule has 4 heteroatoms. The molecule has 4 rings (SSSR count). The van der Waals surface area contributed by atoms with Crippen molar-refractivity contribution in [2.75, 3.05) is 6.54 Å². The van der Waals surface area contributed by atoms with Gasteiger partial charge in [0.25, 0.3) is 5.91 Å². The van der Waals surface area contributed by atoms with E-state index in [0.717, 1.165) is 12.0 Å². The van der Waals surface area contributed by atoms with Crippen molar-refractivity contribution in [3.63, 3.8) is 0 Å². The molecule has 1 heterocycles. The second-order valence-corrected chi connectivity index (χ2v) is 7.25. The van der Waals surface area contributed by atoms with Crippen LogP contribution in [-0.4, -0.2) is 22.3 Å². The Kier molecular flexibility index (Phi) is 6.71. The molecule has 3 aromatic carbocycles. The number of pyridine rings is 1. The molecule has 0 unspecified atom stereocenters. The first kappa shape index (κ1) is 20.4. The van der Waals surface area contributed by atoms with Gasteiger partial charge < -0.3 is 9.64 Å². The topological polar surface area (TPSA) is 42.4 Å². The van der Waals surface area contributed by atoms with Crippen LogP contribution in [0.5, 0.6) is 11.6 Å². The Hall–Kier alpha value is -3.92. The molecule has 4 aromatic rings. The third-order valence-corrected chi connectivity index (χ3v) is 4.96. The maximum absolute atomic E-state index is 13.4. The summed E-state index contributed by atoms with van der Waals surface area (Å²) in [6, 6.07) is 33.1. The molecular formula is C27H24N2O2. The van der Waals surface area contributed by atoms with E-state index in [-0.39, 0.29) is 5.91 Å². The molecule has 0 fully saturated rings. The highest BCUT2D eigenvalue weighted by Gasteiger charge is 2.17. The Morgan fingerprint density at radius 3 is 2.19 bits per heavy atom. The van der Waals surface area contributed by atoms with Gasteiger partial charge in [-0.15, -0.1) is 0 Å². The number of nitrogens with zero attached hydrogens (tertiary/aromatic N) is 2. The molecule has 0 saturated heterocycles. The van der Waals surface area contributed by atoms with Crippen LogP contribution in [0.15, 0.2) is 109 Å². The number of carbonyl (C=O) groups is 1. The molecule has 4 nitrogen and oxygen atoms in total. The van der Waals surface area contributed by atoms with Crippen molar-refractivity contribution in [1.29, 1.82) is 0 Å². The molecule has 31 heavy (non-hydrogen) atoms. The Balaban J connectivity index is 1.53. The van der Waals surface area contributed by atoms with Gasteiger partial charge in [-0.2, -0.15) is 0 Å². The van der Waals surface area contributed by atoms with Gasteiger partial charge in [-0.3, -0.25) is 4.79 Å². The van der Waals surface area contributed by atoms with Gasteiger partial charge in [0.15, 0.2) is 0 Å². The summed E-state index contributed by atoms with van der Waals surface area (Å²) in [6.45, 7) is 1.18. The highest BCUT2D eigenvalue weighted by molar-refractivity contribution is 5.94. The Bertz CT molecular complexity index is 1100. The Morgan fingerprint density at radius 1 is 0.774 bits per heavy atom. The highest BCUT2D eigenvalue weighted by atomic mass is 16.5. The van der Waals surface area contributed by atoms with Gasteiger partial charge in [0.1, 0.15) is 5.75 Å². The monoisotopic (exact) mass is 408 g/mol. The molecule has 0 bridgehead atoms. The summed E-state index contributed by atoms with van der Waals surface area (Å²) in [5, 5.41) is 0. The molecule has 0 saturated carbocycles. The van der Waals surface area contributed by atoms with Crippen LogP contribution in [0.2, 0.25) is 0 Å². The lowest BCUT2D eigenvalue weighted by molar-refractivity contribution is 0.0744. The third kappa shape index (κ3) is 5.80. The number of amides is 1. The van der Waals surface area contributed by atoms with Crippen molar-refractivity contribution < 1.29 is 9.53 Å². The molecule has 0 spiro atoms. The van der Waals surface area contributed by atoms with Crippen LogP contribution in [0.1, 0.15) is 21.5 Å². The van der Waals surface area contributed by atoms with Crippen molar-refractivity contribution in [3.8, 4) is 11.6 Å². The van der Waals surface area contributed by atoms with Gasteiger partial charge in [-0.05, 0) is 41.8 Å². The van der Waals surface area contributed by atoms with E-state index in [0.29, 0.717) is 30.3 Å². The number of aromatic nitrogens is 1. The van der Waals surface area contributed by atoms with E-state index in [9.17, 15) is 4.79 Å². The van der Waals surface area contributed by atoms with Crippen molar-refractivity contribution in [3.05, 3.63) is 126 Å². The van der Waals surface area contributed by atoms with E-state index in [1.54, 1.807) is 18.3 Å². The Labute approximate surface area is 182 Å². The summed E-state index contributed by atoms with van der Waals surface area (Å²) >= 11 is 0. The lowest BCUT2D eigenvalue weighted by Gasteiger charge is -2.23. The first-order chi connectivity index (χ1) is 15.3. The van der Waals surface area contributed by atoms with Crippen LogP contribution in [0.4, 0.5) is 0 Å². The van der Waals surface area contributed by atoms with Crippen LogP contribution >= 0.6 is 0 Å². The van der Waals surface area contributed by atoms with E-state index in [1.807, 2.05) is 83.8 Å². The number of rotatable bonds is 8. The molecule has 0 N–H and O–H groups in total. The number of hydrogen-bond donors (Lipinski definition) is 0. The van der Waals surface area contributed by atoms with Gasteiger partial charge in [-0.25, -0.2) is 4.98 Å². The van der Waals surface area contributed by atoms with Crippen molar-refractivity contribution >= 4 is 5.91 Å². The zero-order valence-corrected chi connectivity index (χ0v) is 17.2. The molecule has 1 amide bonds. The largest absolute Gasteiger partial charge is 0.439 e. The summed E-state index contributed by atoms with van der Waals surface area (Å²) in [4.78, 5) is 19.5. The van der Waals surface area contributed by atoms with Gasteiger partial charge in [0, 0.05) is 30.9 Å². The van der Waals surface area contributed by atoms with Gasteiger partial charge in [0.05, 0.1) is 0 Å². The van der Waals surface area contributed by atoms with Gasteiger partial charge in [0.2, 0.25) is 5.88 Å². The minimum atomic E-state index is -0.0220. The average molecular weight is 409 g/mol. The standard InChI is InChI=1S/C27H24N2O2/c30-27(24-14-9-15-25(20-24)31-26-16-7-8-18-28-26)29(21-23-12-5-2-6-13-23)19-17-22-10-3-1-4-11-22/h1-16,18,20H,17,19,21H2. The molecule has 0 aliphatic carbocycles. The summed E-state index contributed by atoms with van der Waals surface area (Å²) in [5.41, 5.74) is 2.91. The predicted octanol–water partition coefficient (Wildman–Crippen LogP) is 5.76. The Morgan fingerprint density at radius 2 is 1.48 bits per heavy atom. The maximum Gasteiger partial charge on any atom is 0.254 e. The minimum absolute atomic E-state index is 0.0220. The van der Waals surface area contributed by atoms with Crippen LogP contribution in [0.3, 0.4) is 0 Å². The fourth-order valence-corrected chi connectivity index (χ4v) is 3.37. The third-order valence-electron chi connectivity index (χ3n) is 4.96. The quantitative estimate of drug-likeness (QED) is 0.372. The van der Waals surface area contributed by atoms with E-state index in [1.165, 1.54) is 5.56 Å². The van der Waals surface area contributed by atoms with Gasteiger partial charge in [-0.1, -0.05) is 72.8 Å². The maximum atomic E-state index is 13.4. The van der Waals surface area contributed by atoms with E-state index >= 15 is 0 Å². The second-order valence-electron chi connectivity index (χ2n) is 7.25. The van der Waals surface area contributed by atoms with Gasteiger partial charge >= 0.3 is 0 Å². The molecule has 0 aliphatic heterocycles. The first-order valence-corrected chi connectivity index (χ1v) is 10.3. The number of hydrogen-bond acceptors (Lipinski definition) is 3. The van der Waals surface area contributed by atoms with E-state index in [4.69, 9.17) is 4.74 Å². The van der Waals surface area contributed by atoms with E-state index < -0.39 is 0 Å². The fourth-order valence-electron chi connectivity index (χ4n) is 3.37. The number of carbonyl (C=O) groups excluding carboxylic acids is 1.